The maximum atomic E-state index is 13.0. The molecule has 0 fully saturated rings. The van der Waals surface area contributed by atoms with E-state index in [0.29, 0.717) is 35.7 Å². The number of nitrogens with zero attached hydrogens (tertiary/aromatic N) is 2. The van der Waals surface area contributed by atoms with Crippen LogP contribution in [-0.4, -0.2) is 37.5 Å². The van der Waals surface area contributed by atoms with Crippen molar-refractivity contribution >= 4 is 27.3 Å². The molecule has 35 heavy (non-hydrogen) atoms. The number of nitrogens with one attached hydrogen (secondary N) is 1. The molecule has 1 aliphatic rings. The van der Waals surface area contributed by atoms with Crippen LogP contribution in [0.4, 0.5) is 11.4 Å². The summed E-state index contributed by atoms with van der Waals surface area (Å²) < 4.78 is 38.5. The van der Waals surface area contributed by atoms with Crippen LogP contribution in [0.25, 0.3) is 0 Å². The standard InChI is InChI=1S/C24H23N3O7S/c1-3-26(14-17-5-11-22-23(12-17)34-15-33-22)24(28)18-6-8-19(9-7-18)25-35(31,32)20-10-4-16(2)21(13-20)27(29)30/h4-13,25H,3,14-15H2,1-2H3. The van der Waals surface area contributed by atoms with Crippen molar-refractivity contribution < 1.29 is 27.6 Å². The minimum atomic E-state index is -4.06. The van der Waals surface area contributed by atoms with Crippen molar-refractivity contribution in [2.75, 3.05) is 18.1 Å². The molecule has 0 bridgehead atoms. The number of fused-ring (bicyclic) bond motifs is 1. The van der Waals surface area contributed by atoms with Crippen molar-refractivity contribution in [2.24, 2.45) is 0 Å². The van der Waals surface area contributed by atoms with Crippen molar-refractivity contribution in [3.8, 4) is 11.5 Å². The van der Waals surface area contributed by atoms with Gasteiger partial charge in [-0.1, -0.05) is 12.1 Å². The lowest BCUT2D eigenvalue weighted by Crippen LogP contribution is -2.30. The average Bonchev–Trinajstić information content (AvgIpc) is 3.30. The van der Waals surface area contributed by atoms with Crippen molar-refractivity contribution in [3.63, 3.8) is 0 Å². The van der Waals surface area contributed by atoms with Gasteiger partial charge in [0, 0.05) is 36.0 Å². The molecule has 10 nitrogen and oxygen atoms in total. The van der Waals surface area contributed by atoms with Crippen LogP contribution < -0.4 is 14.2 Å². The summed E-state index contributed by atoms with van der Waals surface area (Å²) in [4.78, 5) is 25.0. The van der Waals surface area contributed by atoms with Gasteiger partial charge in [-0.15, -0.1) is 0 Å². The first-order valence-electron chi connectivity index (χ1n) is 10.7. The summed E-state index contributed by atoms with van der Waals surface area (Å²) in [7, 11) is -4.06. The number of aryl methyl sites for hydroxylation is 1. The second-order valence-electron chi connectivity index (χ2n) is 7.90. The molecular formula is C24H23N3O7S. The number of nitro benzene ring substituents is 1. The molecule has 3 aromatic rings. The topological polar surface area (TPSA) is 128 Å². The van der Waals surface area contributed by atoms with E-state index in [1.807, 2.05) is 19.1 Å². The van der Waals surface area contributed by atoms with Crippen molar-refractivity contribution in [2.45, 2.75) is 25.3 Å². The Kier molecular flexibility index (Phi) is 6.61. The van der Waals surface area contributed by atoms with Gasteiger partial charge in [0.05, 0.1) is 9.82 Å². The molecule has 0 unspecified atom stereocenters. The molecule has 0 saturated carbocycles. The largest absolute Gasteiger partial charge is 0.454 e. The van der Waals surface area contributed by atoms with Crippen LogP contribution in [0.2, 0.25) is 0 Å². The van der Waals surface area contributed by atoms with E-state index in [1.54, 1.807) is 11.0 Å². The predicted octanol–water partition coefficient (Wildman–Crippen LogP) is 4.10. The molecule has 0 saturated heterocycles. The second kappa shape index (κ2) is 9.63. The van der Waals surface area contributed by atoms with Crippen molar-refractivity contribution in [1.82, 2.24) is 4.90 Å². The van der Waals surface area contributed by atoms with Crippen molar-refractivity contribution in [3.05, 3.63) is 87.5 Å². The summed E-state index contributed by atoms with van der Waals surface area (Å²) in [6.45, 7) is 4.41. The van der Waals surface area contributed by atoms with E-state index in [9.17, 15) is 23.3 Å². The number of hydrogen-bond donors (Lipinski definition) is 1. The summed E-state index contributed by atoms with van der Waals surface area (Å²) in [5.74, 6) is 1.09. The van der Waals surface area contributed by atoms with Gasteiger partial charge >= 0.3 is 0 Å². The molecule has 0 spiro atoms. The summed E-state index contributed by atoms with van der Waals surface area (Å²) in [6.07, 6.45) is 0. The molecule has 0 aliphatic carbocycles. The fraction of sp³-hybridized carbons (Fsp3) is 0.208. The van der Waals surface area contributed by atoms with Crippen LogP contribution in [0, 0.1) is 17.0 Å². The van der Waals surface area contributed by atoms with E-state index < -0.39 is 14.9 Å². The van der Waals surface area contributed by atoms with Crippen molar-refractivity contribution in [1.29, 1.82) is 0 Å². The average molecular weight is 498 g/mol. The molecule has 4 rings (SSSR count). The summed E-state index contributed by atoms with van der Waals surface area (Å²) in [5, 5.41) is 11.1. The Bertz CT molecular complexity index is 1390. The fourth-order valence-corrected chi connectivity index (χ4v) is 4.70. The number of ether oxygens (including phenoxy) is 2. The zero-order valence-electron chi connectivity index (χ0n) is 19.1. The third-order valence-electron chi connectivity index (χ3n) is 5.55. The van der Waals surface area contributed by atoms with Crippen LogP contribution in [0.5, 0.6) is 11.5 Å². The Balaban J connectivity index is 1.47. The molecule has 0 radical (unpaired) electrons. The number of hydrogen-bond acceptors (Lipinski definition) is 7. The second-order valence-corrected chi connectivity index (χ2v) is 9.58. The van der Waals surface area contributed by atoms with E-state index in [1.165, 1.54) is 43.3 Å². The Labute approximate surface area is 202 Å². The lowest BCUT2D eigenvalue weighted by molar-refractivity contribution is -0.385. The molecule has 1 heterocycles. The number of carbonyl (C=O) groups excluding carboxylic acids is 1. The number of benzene rings is 3. The third-order valence-corrected chi connectivity index (χ3v) is 6.93. The van der Waals surface area contributed by atoms with Gasteiger partial charge in [-0.05, 0) is 61.9 Å². The Morgan fingerprint density at radius 2 is 1.77 bits per heavy atom. The number of carbonyl (C=O) groups is 1. The van der Waals surface area contributed by atoms with Gasteiger partial charge in [-0.2, -0.15) is 0 Å². The maximum Gasteiger partial charge on any atom is 0.273 e. The highest BCUT2D eigenvalue weighted by Gasteiger charge is 2.21. The van der Waals surface area contributed by atoms with E-state index in [4.69, 9.17) is 9.47 Å². The van der Waals surface area contributed by atoms with Crippen LogP contribution in [0.15, 0.2) is 65.6 Å². The zero-order valence-corrected chi connectivity index (χ0v) is 19.9. The lowest BCUT2D eigenvalue weighted by atomic mass is 10.1. The number of rotatable bonds is 8. The Morgan fingerprint density at radius 3 is 2.46 bits per heavy atom. The molecule has 1 aliphatic heterocycles. The van der Waals surface area contributed by atoms with Gasteiger partial charge in [-0.3, -0.25) is 19.6 Å². The molecule has 0 aromatic heterocycles. The van der Waals surface area contributed by atoms with Gasteiger partial charge in [0.1, 0.15) is 0 Å². The molecular weight excluding hydrogens is 474 g/mol. The first kappa shape index (κ1) is 24.0. The lowest BCUT2D eigenvalue weighted by Gasteiger charge is -2.21. The molecule has 11 heteroatoms. The molecule has 3 aromatic carbocycles. The number of nitro groups is 1. The predicted molar refractivity (Wildman–Crippen MR) is 128 cm³/mol. The first-order valence-corrected chi connectivity index (χ1v) is 12.2. The van der Waals surface area contributed by atoms with Crippen LogP contribution >= 0.6 is 0 Å². The quantitative estimate of drug-likeness (QED) is 0.367. The van der Waals surface area contributed by atoms with Gasteiger partial charge in [0.25, 0.3) is 21.6 Å². The van der Waals surface area contributed by atoms with E-state index in [2.05, 4.69) is 4.72 Å². The highest BCUT2D eigenvalue weighted by molar-refractivity contribution is 7.92. The normalized spacial score (nSPS) is 12.3. The number of anilines is 1. The fourth-order valence-electron chi connectivity index (χ4n) is 3.62. The Morgan fingerprint density at radius 1 is 1.06 bits per heavy atom. The molecule has 1 amide bonds. The van der Waals surface area contributed by atoms with Gasteiger partial charge in [0.15, 0.2) is 11.5 Å². The smallest absolute Gasteiger partial charge is 0.273 e. The number of amides is 1. The maximum absolute atomic E-state index is 13.0. The monoisotopic (exact) mass is 497 g/mol. The molecule has 182 valence electrons. The summed E-state index contributed by atoms with van der Waals surface area (Å²) in [5.41, 5.74) is 1.58. The van der Waals surface area contributed by atoms with E-state index in [0.717, 1.165) is 11.6 Å². The van der Waals surface area contributed by atoms with Gasteiger partial charge in [0.2, 0.25) is 6.79 Å². The van der Waals surface area contributed by atoms with Crippen LogP contribution in [0.1, 0.15) is 28.4 Å². The minimum Gasteiger partial charge on any atom is -0.454 e. The summed E-state index contributed by atoms with van der Waals surface area (Å²) in [6, 6.07) is 15.2. The highest BCUT2D eigenvalue weighted by atomic mass is 32.2. The van der Waals surface area contributed by atoms with Gasteiger partial charge in [-0.25, -0.2) is 8.42 Å². The highest BCUT2D eigenvalue weighted by Crippen LogP contribution is 2.33. The van der Waals surface area contributed by atoms with Gasteiger partial charge < -0.3 is 14.4 Å². The SMILES string of the molecule is CCN(Cc1ccc2c(c1)OCO2)C(=O)c1ccc(NS(=O)(=O)c2ccc(C)c([N+](=O)[O-])c2)cc1. The van der Waals surface area contributed by atoms with Crippen LogP contribution in [-0.2, 0) is 16.6 Å². The number of sulfonamides is 1. The zero-order chi connectivity index (χ0) is 25.2. The van der Waals surface area contributed by atoms with E-state index >= 15 is 0 Å². The first-order chi connectivity index (χ1) is 16.7. The minimum absolute atomic E-state index is 0.173. The van der Waals surface area contributed by atoms with E-state index in [-0.39, 0.29) is 29.0 Å². The third kappa shape index (κ3) is 5.19. The molecule has 0 atom stereocenters. The van der Waals surface area contributed by atoms with Crippen LogP contribution in [0.3, 0.4) is 0 Å². The summed E-state index contributed by atoms with van der Waals surface area (Å²) >= 11 is 0. The molecule has 1 N–H and O–H groups in total. The Hall–Kier alpha value is -4.12.